The van der Waals surface area contributed by atoms with E-state index in [1.54, 1.807) is 6.07 Å². The summed E-state index contributed by atoms with van der Waals surface area (Å²) in [5.41, 5.74) is 3.12. The highest BCUT2D eigenvalue weighted by Gasteiger charge is 2.21. The van der Waals surface area contributed by atoms with E-state index >= 15 is 0 Å². The third-order valence-electron chi connectivity index (χ3n) is 5.87. The Balaban J connectivity index is 1.14. The first-order valence-corrected chi connectivity index (χ1v) is 12.8. The van der Waals surface area contributed by atoms with Crippen LogP contribution in [-0.4, -0.2) is 59.5 Å². The maximum atomic E-state index is 12.3. The van der Waals surface area contributed by atoms with E-state index < -0.39 is 0 Å². The molecule has 2 aliphatic rings. The van der Waals surface area contributed by atoms with Gasteiger partial charge in [-0.2, -0.15) is 0 Å². The molecule has 1 saturated heterocycles. The number of aryl methyl sites for hydroxylation is 1. The molecule has 0 bridgehead atoms. The Hall–Kier alpha value is -3.01. The van der Waals surface area contributed by atoms with Gasteiger partial charge in [-0.05, 0) is 36.8 Å². The van der Waals surface area contributed by atoms with E-state index in [0.717, 1.165) is 61.3 Å². The first-order chi connectivity index (χ1) is 17.0. The number of hydrogen-bond donors (Lipinski definition) is 1. The molecule has 0 unspecified atom stereocenters. The number of benzene rings is 2. The van der Waals surface area contributed by atoms with E-state index in [9.17, 15) is 4.79 Å². The van der Waals surface area contributed by atoms with Crippen molar-refractivity contribution in [3.63, 3.8) is 0 Å². The van der Waals surface area contributed by atoms with Crippen LogP contribution in [0.1, 0.15) is 11.1 Å². The quantitative estimate of drug-likeness (QED) is 0.287. The highest BCUT2D eigenvalue weighted by Crippen LogP contribution is 2.33. The van der Waals surface area contributed by atoms with E-state index in [4.69, 9.17) is 21.1 Å². The maximum absolute atomic E-state index is 12.3. The number of carbonyl (C=O) groups is 1. The second-order valence-corrected chi connectivity index (χ2v) is 9.81. The molecule has 0 radical (unpaired) electrons. The first-order valence-electron chi connectivity index (χ1n) is 11.4. The molecule has 1 fully saturated rings. The Labute approximate surface area is 213 Å². The normalized spacial score (nSPS) is 15.3. The van der Waals surface area contributed by atoms with Crippen LogP contribution in [-0.2, 0) is 11.3 Å². The lowest BCUT2D eigenvalue weighted by Crippen LogP contribution is -2.46. The van der Waals surface area contributed by atoms with Crippen molar-refractivity contribution in [1.82, 2.24) is 14.9 Å². The Morgan fingerprint density at radius 2 is 1.80 bits per heavy atom. The minimum absolute atomic E-state index is 0.110. The zero-order valence-electron chi connectivity index (χ0n) is 19.4. The van der Waals surface area contributed by atoms with E-state index in [2.05, 4.69) is 37.2 Å². The molecule has 182 valence electrons. The van der Waals surface area contributed by atoms with Gasteiger partial charge in [-0.25, -0.2) is 9.97 Å². The molecule has 10 heteroatoms. The number of piperazine rings is 1. The number of carbonyl (C=O) groups excluding carboxylic acids is 1. The van der Waals surface area contributed by atoms with Crippen LogP contribution in [0, 0.1) is 6.92 Å². The summed E-state index contributed by atoms with van der Waals surface area (Å²) in [6, 6.07) is 15.6. The lowest BCUT2D eigenvalue weighted by atomic mass is 10.1. The van der Waals surface area contributed by atoms with Crippen LogP contribution < -0.4 is 19.7 Å². The van der Waals surface area contributed by atoms with Crippen molar-refractivity contribution in [3.8, 4) is 11.5 Å². The van der Waals surface area contributed by atoms with E-state index in [0.29, 0.717) is 10.3 Å². The number of nitrogens with one attached hydrogen (secondary N) is 1. The van der Waals surface area contributed by atoms with Gasteiger partial charge < -0.3 is 19.7 Å². The van der Waals surface area contributed by atoms with Crippen LogP contribution >= 0.6 is 23.4 Å². The summed E-state index contributed by atoms with van der Waals surface area (Å²) in [5.74, 6) is 2.50. The fourth-order valence-corrected chi connectivity index (χ4v) is 4.89. The van der Waals surface area contributed by atoms with Gasteiger partial charge >= 0.3 is 0 Å². The van der Waals surface area contributed by atoms with Gasteiger partial charge in [0, 0.05) is 44.5 Å². The molecular formula is C25H26ClN5O3S. The highest BCUT2D eigenvalue weighted by atomic mass is 35.5. The van der Waals surface area contributed by atoms with Crippen molar-refractivity contribution >= 4 is 40.8 Å². The molecule has 1 N–H and O–H groups in total. The largest absolute Gasteiger partial charge is 0.454 e. The number of anilines is 2. The molecule has 1 aromatic heterocycles. The maximum Gasteiger partial charge on any atom is 0.234 e. The minimum Gasteiger partial charge on any atom is -0.454 e. The second kappa shape index (κ2) is 10.7. The van der Waals surface area contributed by atoms with Crippen LogP contribution in [0.4, 0.5) is 11.5 Å². The Bertz CT molecular complexity index is 1200. The summed E-state index contributed by atoms with van der Waals surface area (Å²) in [6.07, 6.45) is 0. The minimum atomic E-state index is -0.110. The van der Waals surface area contributed by atoms with Crippen LogP contribution in [0.2, 0.25) is 5.15 Å². The number of fused-ring (bicyclic) bond motifs is 1. The zero-order valence-corrected chi connectivity index (χ0v) is 20.9. The summed E-state index contributed by atoms with van der Waals surface area (Å²) in [7, 11) is 0. The predicted molar refractivity (Wildman–Crippen MR) is 138 cm³/mol. The van der Waals surface area contributed by atoms with Gasteiger partial charge in [-0.15, -0.1) is 0 Å². The molecule has 5 rings (SSSR count). The summed E-state index contributed by atoms with van der Waals surface area (Å²) in [4.78, 5) is 25.9. The van der Waals surface area contributed by atoms with E-state index in [1.807, 2.05) is 37.3 Å². The number of thioether (sulfide) groups is 1. The molecule has 0 saturated carbocycles. The third kappa shape index (κ3) is 6.17. The zero-order chi connectivity index (χ0) is 24.2. The third-order valence-corrected chi connectivity index (χ3v) is 6.91. The SMILES string of the molecule is Cc1ccc(NC(=O)CSc2nc(Cl)cc(N3CCN(Cc4ccc5c(c4)OCO5)CC3)n2)cc1. The van der Waals surface area contributed by atoms with Gasteiger partial charge in [-0.3, -0.25) is 9.69 Å². The molecule has 3 heterocycles. The number of hydrogen-bond acceptors (Lipinski definition) is 8. The highest BCUT2D eigenvalue weighted by molar-refractivity contribution is 7.99. The summed E-state index contributed by atoms with van der Waals surface area (Å²) in [6.45, 7) is 6.61. The van der Waals surface area contributed by atoms with Gasteiger partial charge in [0.15, 0.2) is 16.7 Å². The molecular weight excluding hydrogens is 486 g/mol. The van der Waals surface area contributed by atoms with E-state index in [-0.39, 0.29) is 18.5 Å². The monoisotopic (exact) mass is 511 g/mol. The Morgan fingerprint density at radius 3 is 2.60 bits per heavy atom. The van der Waals surface area contributed by atoms with Crippen molar-refractivity contribution < 1.29 is 14.3 Å². The molecule has 1 amide bonds. The van der Waals surface area contributed by atoms with Gasteiger partial charge in [-0.1, -0.05) is 47.1 Å². The second-order valence-electron chi connectivity index (χ2n) is 8.49. The Morgan fingerprint density at radius 1 is 1.03 bits per heavy atom. The van der Waals surface area contributed by atoms with Crippen molar-refractivity contribution in [2.45, 2.75) is 18.6 Å². The fraction of sp³-hybridized carbons (Fsp3) is 0.320. The molecule has 0 spiro atoms. The average Bonchev–Trinajstić information content (AvgIpc) is 3.32. The van der Waals surface area contributed by atoms with Crippen molar-refractivity contribution in [2.75, 3.05) is 48.9 Å². The molecule has 3 aromatic rings. The van der Waals surface area contributed by atoms with Gasteiger partial charge in [0.05, 0.1) is 5.75 Å². The number of aromatic nitrogens is 2. The number of nitrogens with zero attached hydrogens (tertiary/aromatic N) is 4. The van der Waals surface area contributed by atoms with Crippen LogP contribution in [0.5, 0.6) is 11.5 Å². The first kappa shape index (κ1) is 23.7. The molecule has 2 aromatic carbocycles. The smallest absolute Gasteiger partial charge is 0.234 e. The van der Waals surface area contributed by atoms with Gasteiger partial charge in [0.2, 0.25) is 12.7 Å². The fourth-order valence-electron chi connectivity index (χ4n) is 4.01. The van der Waals surface area contributed by atoms with Gasteiger partial charge in [0.25, 0.3) is 0 Å². The standard InChI is InChI=1S/C25H26ClN5O3S/c1-17-2-5-19(6-3-17)27-24(32)15-35-25-28-22(26)13-23(29-25)31-10-8-30(9-11-31)14-18-4-7-20-21(12-18)34-16-33-20/h2-7,12-13H,8-11,14-16H2,1H3,(H,27,32). The molecule has 8 nitrogen and oxygen atoms in total. The van der Waals surface area contributed by atoms with Crippen LogP contribution in [0.25, 0.3) is 0 Å². The van der Waals surface area contributed by atoms with Gasteiger partial charge in [0.1, 0.15) is 11.0 Å². The summed E-state index contributed by atoms with van der Waals surface area (Å²) in [5, 5.41) is 3.76. The molecule has 35 heavy (non-hydrogen) atoms. The molecule has 0 atom stereocenters. The molecule has 0 aliphatic carbocycles. The number of rotatable bonds is 7. The number of ether oxygens (including phenoxy) is 2. The predicted octanol–water partition coefficient (Wildman–Crippen LogP) is 4.22. The average molecular weight is 512 g/mol. The molecule has 2 aliphatic heterocycles. The lowest BCUT2D eigenvalue weighted by molar-refractivity contribution is -0.113. The Kier molecular flexibility index (Phi) is 7.26. The summed E-state index contributed by atoms with van der Waals surface area (Å²) < 4.78 is 10.9. The number of halogens is 1. The topological polar surface area (TPSA) is 79.8 Å². The lowest BCUT2D eigenvalue weighted by Gasteiger charge is -2.35. The van der Waals surface area contributed by atoms with Crippen LogP contribution in [0.15, 0.2) is 53.7 Å². The van der Waals surface area contributed by atoms with Crippen molar-refractivity contribution in [2.24, 2.45) is 0 Å². The summed E-state index contributed by atoms with van der Waals surface area (Å²) >= 11 is 7.56. The van der Waals surface area contributed by atoms with Crippen molar-refractivity contribution in [1.29, 1.82) is 0 Å². The van der Waals surface area contributed by atoms with Crippen LogP contribution in [0.3, 0.4) is 0 Å². The van der Waals surface area contributed by atoms with E-state index in [1.165, 1.54) is 17.3 Å². The number of amides is 1. The van der Waals surface area contributed by atoms with Crippen molar-refractivity contribution in [3.05, 3.63) is 64.8 Å².